The summed E-state index contributed by atoms with van der Waals surface area (Å²) in [4.78, 5) is 13.5. The molecule has 4 nitrogen and oxygen atoms in total. The fourth-order valence-corrected chi connectivity index (χ4v) is 6.71. The number of likely N-dealkylation sites (N-methyl/N-ethyl adjacent to an activating group) is 1. The average Bonchev–Trinajstić information content (AvgIpc) is 2.84. The number of aryl methyl sites for hydroxylation is 1. The minimum Gasteiger partial charge on any atom is -0.427 e. The number of nitrogens with zero attached hydrogens (tertiary/aromatic N) is 1. The fraction of sp³-hybridized carbons (Fsp3) is 0.682. The van der Waals surface area contributed by atoms with Crippen molar-refractivity contribution in [1.82, 2.24) is 4.90 Å². The number of esters is 1. The van der Waals surface area contributed by atoms with E-state index < -0.39 is 0 Å². The van der Waals surface area contributed by atoms with Crippen LogP contribution in [0.4, 0.5) is 0 Å². The number of hydrogen-bond donors (Lipinski definition) is 1. The highest BCUT2D eigenvalue weighted by molar-refractivity contribution is 5.69. The van der Waals surface area contributed by atoms with Crippen LogP contribution >= 0.6 is 0 Å². The van der Waals surface area contributed by atoms with E-state index in [4.69, 9.17) is 4.74 Å². The molecular weight excluding hydrogens is 326 g/mol. The van der Waals surface area contributed by atoms with Gasteiger partial charge in [0, 0.05) is 13.0 Å². The minimum absolute atomic E-state index is 0.208. The molecule has 4 rings (SSSR count). The van der Waals surface area contributed by atoms with E-state index in [0.717, 1.165) is 12.8 Å². The van der Waals surface area contributed by atoms with Crippen LogP contribution in [0.15, 0.2) is 18.2 Å². The van der Waals surface area contributed by atoms with E-state index >= 15 is 0 Å². The normalized spacial score (nSPS) is 38.5. The maximum atomic E-state index is 11.2. The second-order valence-corrected chi connectivity index (χ2v) is 9.13. The van der Waals surface area contributed by atoms with Crippen molar-refractivity contribution >= 4 is 5.97 Å². The maximum absolute atomic E-state index is 11.2. The summed E-state index contributed by atoms with van der Waals surface area (Å²) < 4.78 is 5.28. The number of rotatable bonds is 2. The molecule has 1 N–H and O–H groups in total. The van der Waals surface area contributed by atoms with Gasteiger partial charge in [-0.1, -0.05) is 13.0 Å². The van der Waals surface area contributed by atoms with E-state index in [-0.39, 0.29) is 23.5 Å². The largest absolute Gasteiger partial charge is 0.427 e. The first-order chi connectivity index (χ1) is 12.3. The number of hydrogen-bond acceptors (Lipinski definition) is 4. The first-order valence-electron chi connectivity index (χ1n) is 9.97. The van der Waals surface area contributed by atoms with Crippen LogP contribution in [0, 0.1) is 17.3 Å². The summed E-state index contributed by atoms with van der Waals surface area (Å²) in [6.45, 7) is 3.86. The molecule has 0 spiro atoms. The summed E-state index contributed by atoms with van der Waals surface area (Å²) >= 11 is 0. The highest BCUT2D eigenvalue weighted by Crippen LogP contribution is 2.61. The molecule has 0 aromatic heterocycles. The first kappa shape index (κ1) is 18.0. The van der Waals surface area contributed by atoms with Crippen LogP contribution in [0.5, 0.6) is 5.75 Å². The summed E-state index contributed by atoms with van der Waals surface area (Å²) in [6, 6.07) is 6.46. The lowest BCUT2D eigenvalue weighted by Crippen LogP contribution is -2.50. The third-order valence-electron chi connectivity index (χ3n) is 7.49. The van der Waals surface area contributed by atoms with Crippen molar-refractivity contribution in [3.05, 3.63) is 29.3 Å². The molecule has 1 aromatic carbocycles. The van der Waals surface area contributed by atoms with E-state index in [1.165, 1.54) is 37.3 Å². The Balaban J connectivity index is 1.63. The molecule has 1 aromatic rings. The van der Waals surface area contributed by atoms with Crippen molar-refractivity contribution < 1.29 is 14.6 Å². The smallest absolute Gasteiger partial charge is 0.308 e. The van der Waals surface area contributed by atoms with E-state index in [2.05, 4.69) is 38.1 Å². The summed E-state index contributed by atoms with van der Waals surface area (Å²) in [5, 5.41) is 10.8. The van der Waals surface area contributed by atoms with Crippen LogP contribution in [0.3, 0.4) is 0 Å². The van der Waals surface area contributed by atoms with Crippen molar-refractivity contribution in [3.8, 4) is 5.75 Å². The lowest BCUT2D eigenvalue weighted by molar-refractivity contribution is -0.131. The second-order valence-electron chi connectivity index (χ2n) is 9.13. The Bertz CT molecular complexity index is 715. The molecule has 0 aliphatic heterocycles. The molecule has 2 saturated carbocycles. The number of carbonyl (C=O) groups is 1. The molecule has 4 heteroatoms. The average molecular weight is 357 g/mol. The van der Waals surface area contributed by atoms with Gasteiger partial charge in [0.05, 0.1) is 6.10 Å². The third kappa shape index (κ3) is 2.69. The maximum Gasteiger partial charge on any atom is 0.308 e. The predicted molar refractivity (Wildman–Crippen MR) is 101 cm³/mol. The van der Waals surface area contributed by atoms with Gasteiger partial charge in [-0.15, -0.1) is 0 Å². The number of aliphatic hydroxyl groups is 1. The van der Waals surface area contributed by atoms with Gasteiger partial charge < -0.3 is 14.7 Å². The Labute approximate surface area is 156 Å². The Morgan fingerprint density at radius 1 is 1.31 bits per heavy atom. The molecule has 142 valence electrons. The van der Waals surface area contributed by atoms with Gasteiger partial charge in [0.25, 0.3) is 0 Å². The zero-order valence-electron chi connectivity index (χ0n) is 16.4. The highest BCUT2D eigenvalue weighted by atomic mass is 16.5. The van der Waals surface area contributed by atoms with Gasteiger partial charge in [-0.25, -0.2) is 0 Å². The molecule has 0 saturated heterocycles. The van der Waals surface area contributed by atoms with Crippen molar-refractivity contribution in [2.24, 2.45) is 17.3 Å². The summed E-state index contributed by atoms with van der Waals surface area (Å²) in [6.07, 6.45) is 5.29. The molecule has 26 heavy (non-hydrogen) atoms. The van der Waals surface area contributed by atoms with Gasteiger partial charge in [0.2, 0.25) is 0 Å². The Morgan fingerprint density at radius 3 is 2.77 bits per heavy atom. The number of fused-ring (bicyclic) bond motifs is 5. The minimum atomic E-state index is -0.262. The van der Waals surface area contributed by atoms with Crippen LogP contribution in [-0.2, 0) is 11.2 Å². The number of benzene rings is 1. The van der Waals surface area contributed by atoms with Gasteiger partial charge >= 0.3 is 5.97 Å². The predicted octanol–water partition coefficient (Wildman–Crippen LogP) is 3.37. The third-order valence-corrected chi connectivity index (χ3v) is 7.49. The molecular formula is C22H31NO3. The lowest BCUT2D eigenvalue weighted by atomic mass is 9.55. The molecule has 3 aliphatic rings. The van der Waals surface area contributed by atoms with Gasteiger partial charge in [0.15, 0.2) is 0 Å². The van der Waals surface area contributed by atoms with Crippen LogP contribution in [-0.4, -0.2) is 42.2 Å². The van der Waals surface area contributed by atoms with Crippen molar-refractivity contribution in [3.63, 3.8) is 0 Å². The monoisotopic (exact) mass is 357 g/mol. The Morgan fingerprint density at radius 2 is 2.08 bits per heavy atom. The summed E-state index contributed by atoms with van der Waals surface area (Å²) in [5.74, 6) is 2.22. The molecule has 0 heterocycles. The zero-order chi connectivity index (χ0) is 18.6. The molecule has 0 amide bonds. The van der Waals surface area contributed by atoms with Crippen LogP contribution in [0.2, 0.25) is 0 Å². The standard InChI is InChI=1S/C22H31NO3/c1-13(24)26-15-6-8-16-14(11-15)5-7-18-17(16)9-10-22(2)19(18)12-20(25)21(22)23(3)4/h6,8,11,17-21,25H,5,7,9-10,12H2,1-4H3/t17-,18-,19+,20-,21+,22+/m1/s1. The van der Waals surface area contributed by atoms with Crippen molar-refractivity contribution in [2.45, 2.75) is 64.0 Å². The Hall–Kier alpha value is -1.39. The van der Waals surface area contributed by atoms with Gasteiger partial charge in [0.1, 0.15) is 5.75 Å². The topological polar surface area (TPSA) is 49.8 Å². The van der Waals surface area contributed by atoms with Gasteiger partial charge in [-0.3, -0.25) is 4.79 Å². The molecule has 2 fully saturated rings. The van der Waals surface area contributed by atoms with Crippen LogP contribution in [0.1, 0.15) is 56.6 Å². The van der Waals surface area contributed by atoms with E-state index in [0.29, 0.717) is 23.5 Å². The zero-order valence-corrected chi connectivity index (χ0v) is 16.4. The van der Waals surface area contributed by atoms with Gasteiger partial charge in [-0.2, -0.15) is 0 Å². The highest BCUT2D eigenvalue weighted by Gasteiger charge is 2.58. The molecule has 6 atom stereocenters. The Kier molecular flexibility index (Phi) is 4.39. The number of aliphatic hydroxyl groups excluding tert-OH is 1. The van der Waals surface area contributed by atoms with Crippen LogP contribution < -0.4 is 4.74 Å². The molecule has 0 radical (unpaired) electrons. The van der Waals surface area contributed by atoms with Crippen molar-refractivity contribution in [2.75, 3.05) is 14.1 Å². The molecule has 0 bridgehead atoms. The summed E-state index contributed by atoms with van der Waals surface area (Å²) in [5.41, 5.74) is 3.00. The lowest BCUT2D eigenvalue weighted by Gasteiger charge is -2.51. The molecule has 3 aliphatic carbocycles. The fourth-order valence-electron chi connectivity index (χ4n) is 6.71. The summed E-state index contributed by atoms with van der Waals surface area (Å²) in [7, 11) is 4.22. The first-order valence-corrected chi connectivity index (χ1v) is 9.97. The number of carbonyl (C=O) groups excluding carboxylic acids is 1. The quantitative estimate of drug-likeness (QED) is 0.651. The van der Waals surface area contributed by atoms with Gasteiger partial charge in [-0.05, 0) is 92.6 Å². The SMILES string of the molecule is CC(=O)Oc1ccc2c(c1)CC[C@@H]1[C@@H]2CC[C@]2(C)[C@@H](N(C)C)[C@H](O)C[C@@H]12. The van der Waals surface area contributed by atoms with E-state index in [1.807, 2.05) is 6.07 Å². The molecule has 0 unspecified atom stereocenters. The van der Waals surface area contributed by atoms with E-state index in [1.54, 1.807) is 0 Å². The van der Waals surface area contributed by atoms with E-state index in [9.17, 15) is 9.90 Å². The van der Waals surface area contributed by atoms with Crippen molar-refractivity contribution in [1.29, 1.82) is 0 Å². The number of ether oxygens (including phenoxy) is 1. The second kappa shape index (κ2) is 6.35. The van der Waals surface area contributed by atoms with Crippen LogP contribution in [0.25, 0.3) is 0 Å².